The maximum atomic E-state index is 11.2. The predicted molar refractivity (Wildman–Crippen MR) is 59.9 cm³/mol. The van der Waals surface area contributed by atoms with Crippen LogP contribution in [0.2, 0.25) is 0 Å². The molecule has 0 N–H and O–H groups in total. The first-order chi connectivity index (χ1) is 7.06. The first kappa shape index (κ1) is 11.6. The van der Waals surface area contributed by atoms with Gasteiger partial charge in [0.05, 0.1) is 13.2 Å². The standard InChI is InChI=1S/C12H17NO2/c1-9(13(3)10(2)14)11-5-7-12(15-4)8-6-11/h5-9H,1-4H3. The van der Waals surface area contributed by atoms with Gasteiger partial charge in [-0.1, -0.05) is 12.1 Å². The SMILES string of the molecule is COc1ccc(C(C)N(C)C(C)=O)cc1. The number of carbonyl (C=O) groups excluding carboxylic acids is 1. The smallest absolute Gasteiger partial charge is 0.219 e. The summed E-state index contributed by atoms with van der Waals surface area (Å²) in [5, 5.41) is 0. The minimum atomic E-state index is 0.0679. The second-order valence-electron chi connectivity index (χ2n) is 3.58. The van der Waals surface area contributed by atoms with Crippen molar-refractivity contribution in [2.24, 2.45) is 0 Å². The summed E-state index contributed by atoms with van der Waals surface area (Å²) in [4.78, 5) is 12.9. The molecule has 3 nitrogen and oxygen atoms in total. The highest BCUT2D eigenvalue weighted by Gasteiger charge is 2.13. The van der Waals surface area contributed by atoms with Crippen LogP contribution in [-0.4, -0.2) is 25.0 Å². The molecule has 0 spiro atoms. The normalized spacial score (nSPS) is 12.0. The third-order valence-corrected chi connectivity index (χ3v) is 2.68. The molecule has 1 amide bonds. The van der Waals surface area contributed by atoms with Gasteiger partial charge in [-0.3, -0.25) is 4.79 Å². The molecule has 0 saturated carbocycles. The van der Waals surface area contributed by atoms with Gasteiger partial charge in [0.1, 0.15) is 5.75 Å². The Morgan fingerprint density at radius 1 is 1.33 bits per heavy atom. The molecule has 15 heavy (non-hydrogen) atoms. The quantitative estimate of drug-likeness (QED) is 0.760. The molecule has 1 rings (SSSR count). The van der Waals surface area contributed by atoms with E-state index in [9.17, 15) is 4.79 Å². The molecular weight excluding hydrogens is 190 g/mol. The van der Waals surface area contributed by atoms with Gasteiger partial charge in [0, 0.05) is 14.0 Å². The average molecular weight is 207 g/mol. The monoisotopic (exact) mass is 207 g/mol. The number of carbonyl (C=O) groups is 1. The molecule has 1 aromatic rings. The van der Waals surface area contributed by atoms with Crippen LogP contribution in [0, 0.1) is 0 Å². The topological polar surface area (TPSA) is 29.5 Å². The number of ether oxygens (including phenoxy) is 1. The Morgan fingerprint density at radius 3 is 2.27 bits per heavy atom. The molecule has 0 saturated heterocycles. The lowest BCUT2D eigenvalue weighted by molar-refractivity contribution is -0.129. The first-order valence-electron chi connectivity index (χ1n) is 4.93. The van der Waals surface area contributed by atoms with Crippen molar-refractivity contribution < 1.29 is 9.53 Å². The van der Waals surface area contributed by atoms with Crippen molar-refractivity contribution >= 4 is 5.91 Å². The Bertz CT molecular complexity index is 332. The highest BCUT2D eigenvalue weighted by Crippen LogP contribution is 2.21. The van der Waals surface area contributed by atoms with Gasteiger partial charge in [-0.05, 0) is 24.6 Å². The van der Waals surface area contributed by atoms with Crippen LogP contribution < -0.4 is 4.74 Å². The van der Waals surface area contributed by atoms with E-state index in [1.165, 1.54) is 0 Å². The average Bonchev–Trinajstić information content (AvgIpc) is 2.27. The third kappa shape index (κ3) is 2.72. The van der Waals surface area contributed by atoms with Crippen molar-refractivity contribution in [2.45, 2.75) is 19.9 Å². The summed E-state index contributed by atoms with van der Waals surface area (Å²) < 4.78 is 5.08. The number of nitrogens with zero attached hydrogens (tertiary/aromatic N) is 1. The Morgan fingerprint density at radius 2 is 1.87 bits per heavy atom. The van der Waals surface area contributed by atoms with Gasteiger partial charge in [0.25, 0.3) is 0 Å². The molecule has 0 radical (unpaired) electrons. The second kappa shape index (κ2) is 4.82. The Hall–Kier alpha value is -1.51. The molecule has 0 aromatic heterocycles. The van der Waals surface area contributed by atoms with Crippen LogP contribution in [0.3, 0.4) is 0 Å². The Kier molecular flexibility index (Phi) is 3.72. The van der Waals surface area contributed by atoms with Crippen molar-refractivity contribution in [1.29, 1.82) is 0 Å². The van der Waals surface area contributed by atoms with E-state index < -0.39 is 0 Å². The molecule has 1 unspecified atom stereocenters. The summed E-state index contributed by atoms with van der Waals surface area (Å²) in [5.41, 5.74) is 1.11. The molecule has 0 bridgehead atoms. The molecule has 1 atom stereocenters. The summed E-state index contributed by atoms with van der Waals surface area (Å²) >= 11 is 0. The molecule has 0 aliphatic heterocycles. The van der Waals surface area contributed by atoms with Crippen LogP contribution in [0.5, 0.6) is 5.75 Å². The first-order valence-corrected chi connectivity index (χ1v) is 4.93. The van der Waals surface area contributed by atoms with Crippen LogP contribution in [0.25, 0.3) is 0 Å². The lowest BCUT2D eigenvalue weighted by Gasteiger charge is -2.23. The molecule has 1 aromatic carbocycles. The fraction of sp³-hybridized carbons (Fsp3) is 0.417. The molecule has 0 aliphatic carbocycles. The third-order valence-electron chi connectivity index (χ3n) is 2.68. The minimum Gasteiger partial charge on any atom is -0.497 e. The van der Waals surface area contributed by atoms with E-state index in [1.807, 2.05) is 31.2 Å². The molecule has 0 heterocycles. The van der Waals surface area contributed by atoms with Crippen LogP contribution in [-0.2, 0) is 4.79 Å². The second-order valence-corrected chi connectivity index (χ2v) is 3.58. The van der Waals surface area contributed by atoms with E-state index in [1.54, 1.807) is 26.0 Å². The number of hydrogen-bond donors (Lipinski definition) is 0. The van der Waals surface area contributed by atoms with Gasteiger partial charge in [-0.15, -0.1) is 0 Å². The fourth-order valence-corrected chi connectivity index (χ4v) is 1.38. The zero-order chi connectivity index (χ0) is 11.4. The maximum Gasteiger partial charge on any atom is 0.219 e. The van der Waals surface area contributed by atoms with Gasteiger partial charge >= 0.3 is 0 Å². The summed E-state index contributed by atoms with van der Waals surface area (Å²) in [6.07, 6.45) is 0. The summed E-state index contributed by atoms with van der Waals surface area (Å²) in [6, 6.07) is 7.85. The van der Waals surface area contributed by atoms with E-state index in [-0.39, 0.29) is 11.9 Å². The number of benzene rings is 1. The lowest BCUT2D eigenvalue weighted by Crippen LogP contribution is -2.26. The number of hydrogen-bond acceptors (Lipinski definition) is 2. The van der Waals surface area contributed by atoms with Gasteiger partial charge < -0.3 is 9.64 Å². The number of rotatable bonds is 3. The van der Waals surface area contributed by atoms with Crippen molar-refractivity contribution in [3.8, 4) is 5.75 Å². The summed E-state index contributed by atoms with van der Waals surface area (Å²) in [5.74, 6) is 0.898. The van der Waals surface area contributed by atoms with Gasteiger partial charge in [-0.2, -0.15) is 0 Å². The Balaban J connectivity index is 2.82. The van der Waals surface area contributed by atoms with Crippen LogP contribution in [0.15, 0.2) is 24.3 Å². The number of methoxy groups -OCH3 is 1. The van der Waals surface area contributed by atoms with Crippen LogP contribution in [0.4, 0.5) is 0 Å². The van der Waals surface area contributed by atoms with Crippen molar-refractivity contribution in [1.82, 2.24) is 4.90 Å². The largest absolute Gasteiger partial charge is 0.497 e. The van der Waals surface area contributed by atoms with E-state index in [0.717, 1.165) is 11.3 Å². The van der Waals surface area contributed by atoms with Crippen molar-refractivity contribution in [3.05, 3.63) is 29.8 Å². The van der Waals surface area contributed by atoms with Crippen molar-refractivity contribution in [2.75, 3.05) is 14.2 Å². The summed E-state index contributed by atoms with van der Waals surface area (Å²) in [7, 11) is 3.44. The summed E-state index contributed by atoms with van der Waals surface area (Å²) in [6.45, 7) is 3.57. The number of amides is 1. The molecule has 0 fully saturated rings. The van der Waals surface area contributed by atoms with Gasteiger partial charge in [0.2, 0.25) is 5.91 Å². The molecule has 0 aliphatic rings. The lowest BCUT2D eigenvalue weighted by atomic mass is 10.1. The van der Waals surface area contributed by atoms with E-state index in [0.29, 0.717) is 0 Å². The van der Waals surface area contributed by atoms with E-state index in [2.05, 4.69) is 0 Å². The Labute approximate surface area is 90.7 Å². The highest BCUT2D eigenvalue weighted by atomic mass is 16.5. The van der Waals surface area contributed by atoms with Gasteiger partial charge in [0.15, 0.2) is 0 Å². The van der Waals surface area contributed by atoms with Crippen LogP contribution in [0.1, 0.15) is 25.5 Å². The minimum absolute atomic E-state index is 0.0679. The van der Waals surface area contributed by atoms with E-state index in [4.69, 9.17) is 4.74 Å². The highest BCUT2D eigenvalue weighted by molar-refractivity contribution is 5.73. The maximum absolute atomic E-state index is 11.2. The molecule has 3 heteroatoms. The fourth-order valence-electron chi connectivity index (χ4n) is 1.38. The van der Waals surface area contributed by atoms with Crippen LogP contribution >= 0.6 is 0 Å². The zero-order valence-electron chi connectivity index (χ0n) is 9.65. The molecule has 82 valence electrons. The van der Waals surface area contributed by atoms with Crippen molar-refractivity contribution in [3.63, 3.8) is 0 Å². The van der Waals surface area contributed by atoms with Gasteiger partial charge in [-0.25, -0.2) is 0 Å². The zero-order valence-corrected chi connectivity index (χ0v) is 9.65. The van der Waals surface area contributed by atoms with E-state index >= 15 is 0 Å². The predicted octanol–water partition coefficient (Wildman–Crippen LogP) is 2.23. The molecular formula is C12H17NO2.